The van der Waals surface area contributed by atoms with Crippen LogP contribution in [-0.4, -0.2) is 44.8 Å². The van der Waals surface area contributed by atoms with Gasteiger partial charge in [-0.15, -0.1) is 11.8 Å². The average molecular weight is 511 g/mol. The third kappa shape index (κ3) is 5.18. The van der Waals surface area contributed by atoms with Crippen LogP contribution in [0.1, 0.15) is 28.5 Å². The standard InChI is InChI=1S/C30H30N4O2S/c1-30(29(36)31-20-23-9-5-3-6-10-23)21-34-27(19-26(32-34)24-11-7-4-8-12-24)28(35)33(30)18-17-22-13-15-25(37-2)16-14-22/h3-16,19H,17-18,20-21H2,1-2H3,(H,31,36)/t30-/m0/s1. The second kappa shape index (κ2) is 10.6. The summed E-state index contributed by atoms with van der Waals surface area (Å²) in [7, 11) is 0. The van der Waals surface area contributed by atoms with Gasteiger partial charge in [0.1, 0.15) is 11.2 Å². The summed E-state index contributed by atoms with van der Waals surface area (Å²) >= 11 is 1.70. The van der Waals surface area contributed by atoms with Gasteiger partial charge < -0.3 is 10.2 Å². The van der Waals surface area contributed by atoms with Crippen LogP contribution in [0.3, 0.4) is 0 Å². The topological polar surface area (TPSA) is 67.2 Å². The van der Waals surface area contributed by atoms with Crippen LogP contribution in [0.25, 0.3) is 11.3 Å². The van der Waals surface area contributed by atoms with Crippen molar-refractivity contribution in [2.75, 3.05) is 12.8 Å². The Morgan fingerprint density at radius 1 is 0.973 bits per heavy atom. The number of nitrogens with zero attached hydrogens (tertiary/aromatic N) is 3. The van der Waals surface area contributed by atoms with Crippen LogP contribution < -0.4 is 5.32 Å². The van der Waals surface area contributed by atoms with Crippen LogP contribution in [0.4, 0.5) is 0 Å². The van der Waals surface area contributed by atoms with Crippen LogP contribution in [-0.2, 0) is 24.3 Å². The van der Waals surface area contributed by atoms with Crippen molar-refractivity contribution in [1.29, 1.82) is 0 Å². The molecular formula is C30H30N4O2S. The molecule has 0 fully saturated rings. The molecule has 188 valence electrons. The maximum absolute atomic E-state index is 13.9. The Morgan fingerprint density at radius 3 is 2.32 bits per heavy atom. The summed E-state index contributed by atoms with van der Waals surface area (Å²) in [5, 5.41) is 7.79. The van der Waals surface area contributed by atoms with E-state index in [4.69, 9.17) is 5.10 Å². The lowest BCUT2D eigenvalue weighted by Crippen LogP contribution is -2.64. The number of carbonyl (C=O) groups is 2. The van der Waals surface area contributed by atoms with E-state index in [9.17, 15) is 9.59 Å². The largest absolute Gasteiger partial charge is 0.350 e. The van der Waals surface area contributed by atoms with Crippen molar-refractivity contribution < 1.29 is 9.59 Å². The molecule has 6 nitrogen and oxygen atoms in total. The molecule has 5 rings (SSSR count). The Bertz CT molecular complexity index is 1390. The summed E-state index contributed by atoms with van der Waals surface area (Å²) in [6.07, 6.45) is 2.70. The molecule has 0 spiro atoms. The fraction of sp³-hybridized carbons (Fsp3) is 0.233. The highest BCUT2D eigenvalue weighted by Crippen LogP contribution is 2.30. The highest BCUT2D eigenvalue weighted by Gasteiger charge is 2.47. The summed E-state index contributed by atoms with van der Waals surface area (Å²) in [5.74, 6) is -0.371. The van der Waals surface area contributed by atoms with E-state index in [1.165, 1.54) is 4.90 Å². The zero-order valence-electron chi connectivity index (χ0n) is 21.1. The minimum Gasteiger partial charge on any atom is -0.350 e. The molecule has 1 aliphatic rings. The first-order valence-corrected chi connectivity index (χ1v) is 13.6. The van der Waals surface area contributed by atoms with E-state index in [1.807, 2.05) is 79.9 Å². The molecule has 0 saturated carbocycles. The summed E-state index contributed by atoms with van der Waals surface area (Å²) in [4.78, 5) is 30.5. The molecule has 3 aromatic carbocycles. The summed E-state index contributed by atoms with van der Waals surface area (Å²) in [6.45, 7) is 2.95. The van der Waals surface area contributed by atoms with Gasteiger partial charge in [0, 0.05) is 23.5 Å². The minimum atomic E-state index is -1.09. The van der Waals surface area contributed by atoms with E-state index in [0.717, 1.165) is 22.4 Å². The number of hydrogen-bond acceptors (Lipinski definition) is 4. The molecular weight excluding hydrogens is 480 g/mol. The molecule has 4 aromatic rings. The van der Waals surface area contributed by atoms with Gasteiger partial charge in [0.25, 0.3) is 5.91 Å². The Morgan fingerprint density at radius 2 is 1.65 bits per heavy atom. The molecule has 0 radical (unpaired) electrons. The third-order valence-corrected chi connectivity index (χ3v) is 7.68. The first-order chi connectivity index (χ1) is 18.0. The zero-order valence-corrected chi connectivity index (χ0v) is 21.9. The quantitative estimate of drug-likeness (QED) is 0.337. The second-order valence-corrected chi connectivity index (χ2v) is 10.3. The monoisotopic (exact) mass is 510 g/mol. The molecule has 0 saturated heterocycles. The number of amides is 2. The second-order valence-electron chi connectivity index (χ2n) is 9.44. The van der Waals surface area contributed by atoms with Gasteiger partial charge in [0.05, 0.1) is 12.2 Å². The predicted molar refractivity (Wildman–Crippen MR) is 147 cm³/mol. The lowest BCUT2D eigenvalue weighted by Gasteiger charge is -2.43. The zero-order chi connectivity index (χ0) is 25.8. The van der Waals surface area contributed by atoms with Crippen molar-refractivity contribution in [3.63, 3.8) is 0 Å². The minimum absolute atomic E-state index is 0.181. The van der Waals surface area contributed by atoms with Crippen LogP contribution >= 0.6 is 11.8 Å². The van der Waals surface area contributed by atoms with E-state index in [-0.39, 0.29) is 18.4 Å². The van der Waals surface area contributed by atoms with Crippen molar-refractivity contribution in [3.05, 3.63) is 108 Å². The van der Waals surface area contributed by atoms with Gasteiger partial charge in [-0.25, -0.2) is 0 Å². The normalized spacial score (nSPS) is 16.9. The Labute approximate surface area is 221 Å². The molecule has 0 aliphatic carbocycles. The van der Waals surface area contributed by atoms with Gasteiger partial charge in [-0.1, -0.05) is 72.8 Å². The number of nitrogens with one attached hydrogen (secondary N) is 1. The van der Waals surface area contributed by atoms with E-state index in [0.29, 0.717) is 25.2 Å². The van der Waals surface area contributed by atoms with E-state index in [2.05, 4.69) is 29.6 Å². The molecule has 0 unspecified atom stereocenters. The molecule has 0 bridgehead atoms. The van der Waals surface area contributed by atoms with E-state index >= 15 is 0 Å². The molecule has 2 heterocycles. The molecule has 1 atom stereocenters. The predicted octanol–water partition coefficient (Wildman–Crippen LogP) is 5.05. The first kappa shape index (κ1) is 24.8. The van der Waals surface area contributed by atoms with Gasteiger partial charge >= 0.3 is 0 Å². The lowest BCUT2D eigenvalue weighted by atomic mass is 9.94. The van der Waals surface area contributed by atoms with Gasteiger partial charge in [0.2, 0.25) is 5.91 Å². The van der Waals surface area contributed by atoms with Crippen LogP contribution in [0.2, 0.25) is 0 Å². The van der Waals surface area contributed by atoms with E-state index in [1.54, 1.807) is 21.3 Å². The number of fused-ring (bicyclic) bond motifs is 1. The number of hydrogen-bond donors (Lipinski definition) is 1. The van der Waals surface area contributed by atoms with Crippen molar-refractivity contribution in [2.24, 2.45) is 0 Å². The molecule has 2 amide bonds. The smallest absolute Gasteiger partial charge is 0.273 e. The van der Waals surface area contributed by atoms with Gasteiger partial charge in [-0.05, 0) is 48.9 Å². The Kier molecular flexibility index (Phi) is 7.15. The fourth-order valence-electron chi connectivity index (χ4n) is 4.74. The summed E-state index contributed by atoms with van der Waals surface area (Å²) in [6, 6.07) is 29.8. The maximum atomic E-state index is 13.9. The first-order valence-electron chi connectivity index (χ1n) is 12.4. The summed E-state index contributed by atoms with van der Waals surface area (Å²) < 4.78 is 1.69. The lowest BCUT2D eigenvalue weighted by molar-refractivity contribution is -0.133. The SMILES string of the molecule is CSc1ccc(CCN2C(=O)c3cc(-c4ccccc4)nn3C[C@@]2(C)C(=O)NCc2ccccc2)cc1. The molecule has 1 N–H and O–H groups in total. The molecule has 37 heavy (non-hydrogen) atoms. The summed E-state index contributed by atoms with van der Waals surface area (Å²) in [5.41, 5.74) is 3.22. The number of rotatable bonds is 8. The number of carbonyl (C=O) groups excluding carboxylic acids is 2. The highest BCUT2D eigenvalue weighted by atomic mass is 32.2. The van der Waals surface area contributed by atoms with Gasteiger partial charge in [-0.2, -0.15) is 5.10 Å². The number of thioether (sulfide) groups is 1. The molecule has 1 aromatic heterocycles. The Balaban J connectivity index is 1.44. The highest BCUT2D eigenvalue weighted by molar-refractivity contribution is 7.98. The van der Waals surface area contributed by atoms with Crippen molar-refractivity contribution in [3.8, 4) is 11.3 Å². The van der Waals surface area contributed by atoms with Crippen molar-refractivity contribution >= 4 is 23.6 Å². The molecule has 1 aliphatic heterocycles. The van der Waals surface area contributed by atoms with Crippen LogP contribution in [0.5, 0.6) is 0 Å². The van der Waals surface area contributed by atoms with E-state index < -0.39 is 5.54 Å². The van der Waals surface area contributed by atoms with Crippen LogP contribution in [0, 0.1) is 0 Å². The molecule has 7 heteroatoms. The van der Waals surface area contributed by atoms with Gasteiger partial charge in [-0.3, -0.25) is 14.3 Å². The number of benzene rings is 3. The fourth-order valence-corrected chi connectivity index (χ4v) is 5.15. The van der Waals surface area contributed by atoms with Gasteiger partial charge in [0.15, 0.2) is 0 Å². The van der Waals surface area contributed by atoms with Crippen molar-refractivity contribution in [1.82, 2.24) is 20.0 Å². The average Bonchev–Trinajstić information content (AvgIpc) is 3.37. The third-order valence-electron chi connectivity index (χ3n) is 6.94. The van der Waals surface area contributed by atoms with Crippen LogP contribution in [0.15, 0.2) is 95.9 Å². The maximum Gasteiger partial charge on any atom is 0.273 e. The van der Waals surface area contributed by atoms with Crippen molar-refractivity contribution in [2.45, 2.75) is 36.9 Å². The Hall–Kier alpha value is -3.84. The number of aromatic nitrogens is 2.